The first-order chi connectivity index (χ1) is 11.6. The SMILES string of the molecule is Cc1nc(-c2ccc(F)cc2)sc1COC(=O)C[n+]1ccccc1. The maximum absolute atomic E-state index is 13.0. The summed E-state index contributed by atoms with van der Waals surface area (Å²) in [6, 6.07) is 11.8. The molecule has 0 aliphatic rings. The molecule has 6 heteroatoms. The molecule has 0 aliphatic heterocycles. The Morgan fingerprint density at radius 3 is 2.62 bits per heavy atom. The number of aryl methyl sites for hydroxylation is 1. The van der Waals surface area contributed by atoms with E-state index in [0.29, 0.717) is 0 Å². The van der Waals surface area contributed by atoms with Gasteiger partial charge in [-0.1, -0.05) is 6.07 Å². The lowest BCUT2D eigenvalue weighted by molar-refractivity contribution is -0.686. The first kappa shape index (κ1) is 16.3. The zero-order chi connectivity index (χ0) is 16.9. The number of hydrogen-bond donors (Lipinski definition) is 0. The van der Waals surface area contributed by atoms with Crippen LogP contribution in [0.4, 0.5) is 4.39 Å². The fraction of sp³-hybridized carbons (Fsp3) is 0.167. The fourth-order valence-corrected chi connectivity index (χ4v) is 3.14. The van der Waals surface area contributed by atoms with Crippen LogP contribution in [0, 0.1) is 12.7 Å². The van der Waals surface area contributed by atoms with E-state index in [1.54, 1.807) is 16.7 Å². The van der Waals surface area contributed by atoms with Crippen molar-refractivity contribution in [3.8, 4) is 10.6 Å². The fourth-order valence-electron chi connectivity index (χ4n) is 2.16. The minimum Gasteiger partial charge on any atom is -0.455 e. The lowest BCUT2D eigenvalue weighted by Crippen LogP contribution is -2.37. The monoisotopic (exact) mass is 343 g/mol. The van der Waals surface area contributed by atoms with Crippen LogP contribution in [0.5, 0.6) is 0 Å². The number of thiazole rings is 1. The number of benzene rings is 1. The highest BCUT2D eigenvalue weighted by molar-refractivity contribution is 7.15. The third kappa shape index (κ3) is 4.02. The van der Waals surface area contributed by atoms with Crippen LogP contribution >= 0.6 is 11.3 Å². The number of aromatic nitrogens is 2. The molecule has 0 saturated carbocycles. The van der Waals surface area contributed by atoms with E-state index in [1.807, 2.05) is 37.5 Å². The standard InChI is InChI=1S/C18H16FN2O2S/c1-13-16(12-23-17(22)11-21-9-3-2-4-10-21)24-18(20-13)14-5-7-15(19)8-6-14/h2-10H,11-12H2,1H3/q+1. The molecule has 0 N–H and O–H groups in total. The van der Waals surface area contributed by atoms with Crippen molar-refractivity contribution in [1.29, 1.82) is 0 Å². The molecule has 0 radical (unpaired) electrons. The Bertz CT molecular complexity index is 832. The van der Waals surface area contributed by atoms with Crippen LogP contribution in [0.2, 0.25) is 0 Å². The lowest BCUT2D eigenvalue weighted by Gasteiger charge is -2.01. The van der Waals surface area contributed by atoms with Gasteiger partial charge in [-0.3, -0.25) is 0 Å². The number of carbonyl (C=O) groups excluding carboxylic acids is 1. The summed E-state index contributed by atoms with van der Waals surface area (Å²) in [6.45, 7) is 2.24. The van der Waals surface area contributed by atoms with Crippen molar-refractivity contribution in [2.45, 2.75) is 20.1 Å². The smallest absolute Gasteiger partial charge is 0.373 e. The Morgan fingerprint density at radius 1 is 1.21 bits per heavy atom. The van der Waals surface area contributed by atoms with E-state index in [1.165, 1.54) is 23.5 Å². The number of rotatable bonds is 5. The normalized spacial score (nSPS) is 10.6. The summed E-state index contributed by atoms with van der Waals surface area (Å²) in [4.78, 5) is 17.3. The topological polar surface area (TPSA) is 43.1 Å². The van der Waals surface area contributed by atoms with E-state index in [9.17, 15) is 9.18 Å². The van der Waals surface area contributed by atoms with Crippen molar-refractivity contribution in [3.05, 3.63) is 71.2 Å². The largest absolute Gasteiger partial charge is 0.455 e. The van der Waals surface area contributed by atoms with Gasteiger partial charge in [-0.05, 0) is 31.2 Å². The van der Waals surface area contributed by atoms with Crippen LogP contribution < -0.4 is 4.57 Å². The molecule has 122 valence electrons. The van der Waals surface area contributed by atoms with E-state index >= 15 is 0 Å². The van der Waals surface area contributed by atoms with Gasteiger partial charge in [-0.25, -0.2) is 14.2 Å². The van der Waals surface area contributed by atoms with Gasteiger partial charge in [0.25, 0.3) is 0 Å². The maximum atomic E-state index is 13.0. The lowest BCUT2D eigenvalue weighted by atomic mass is 10.2. The van der Waals surface area contributed by atoms with Crippen LogP contribution in [-0.2, 0) is 22.7 Å². The average molecular weight is 343 g/mol. The summed E-state index contributed by atoms with van der Waals surface area (Å²) in [5, 5.41) is 0.788. The Balaban J connectivity index is 1.63. The number of carbonyl (C=O) groups is 1. The predicted octanol–water partition coefficient (Wildman–Crippen LogP) is 3.29. The number of nitrogens with zero attached hydrogens (tertiary/aromatic N) is 2. The molecule has 4 nitrogen and oxygen atoms in total. The first-order valence-electron chi connectivity index (χ1n) is 7.44. The van der Waals surface area contributed by atoms with Crippen molar-refractivity contribution in [2.24, 2.45) is 0 Å². The van der Waals surface area contributed by atoms with Crippen molar-refractivity contribution in [2.75, 3.05) is 0 Å². The molecule has 1 aromatic carbocycles. The number of ether oxygens (including phenoxy) is 1. The first-order valence-corrected chi connectivity index (χ1v) is 8.25. The summed E-state index contributed by atoms with van der Waals surface area (Å²) in [6.07, 6.45) is 3.62. The molecule has 0 aliphatic carbocycles. The highest BCUT2D eigenvalue weighted by Gasteiger charge is 2.14. The number of halogens is 1. The average Bonchev–Trinajstić information content (AvgIpc) is 2.95. The van der Waals surface area contributed by atoms with E-state index in [4.69, 9.17) is 4.74 Å². The number of hydrogen-bond acceptors (Lipinski definition) is 4. The predicted molar refractivity (Wildman–Crippen MR) is 88.7 cm³/mol. The molecule has 0 saturated heterocycles. The summed E-state index contributed by atoms with van der Waals surface area (Å²) in [5.74, 6) is -0.582. The third-order valence-corrected chi connectivity index (χ3v) is 4.62. The summed E-state index contributed by atoms with van der Waals surface area (Å²) in [7, 11) is 0. The molecule has 3 rings (SSSR count). The van der Waals surface area contributed by atoms with Crippen LogP contribution in [0.1, 0.15) is 10.6 Å². The van der Waals surface area contributed by atoms with Crippen molar-refractivity contribution >= 4 is 17.3 Å². The van der Waals surface area contributed by atoms with Crippen LogP contribution in [0.25, 0.3) is 10.6 Å². The second kappa shape index (κ2) is 7.31. The highest BCUT2D eigenvalue weighted by Crippen LogP contribution is 2.28. The number of esters is 1. The zero-order valence-electron chi connectivity index (χ0n) is 13.1. The minimum absolute atomic E-state index is 0.170. The molecular weight excluding hydrogens is 327 g/mol. The second-order valence-corrected chi connectivity index (χ2v) is 6.33. The van der Waals surface area contributed by atoms with Crippen LogP contribution in [0.15, 0.2) is 54.9 Å². The molecule has 2 aromatic heterocycles. The Morgan fingerprint density at radius 2 is 1.92 bits per heavy atom. The molecule has 2 heterocycles. The number of pyridine rings is 1. The van der Waals surface area contributed by atoms with Gasteiger partial charge in [0.05, 0.1) is 10.6 Å². The molecule has 0 amide bonds. The highest BCUT2D eigenvalue weighted by atomic mass is 32.1. The molecule has 0 fully saturated rings. The maximum Gasteiger partial charge on any atom is 0.373 e. The molecule has 24 heavy (non-hydrogen) atoms. The van der Waals surface area contributed by atoms with Gasteiger partial charge in [0.1, 0.15) is 17.4 Å². The molecule has 3 aromatic rings. The van der Waals surface area contributed by atoms with Gasteiger partial charge in [0.15, 0.2) is 12.4 Å². The van der Waals surface area contributed by atoms with Gasteiger partial charge in [-0.15, -0.1) is 11.3 Å². The van der Waals surface area contributed by atoms with Gasteiger partial charge in [0.2, 0.25) is 6.54 Å². The second-order valence-electron chi connectivity index (χ2n) is 5.24. The summed E-state index contributed by atoms with van der Waals surface area (Å²) in [5.41, 5.74) is 1.67. The van der Waals surface area contributed by atoms with Crippen LogP contribution in [0.3, 0.4) is 0 Å². The van der Waals surface area contributed by atoms with Crippen molar-refractivity contribution in [1.82, 2.24) is 4.98 Å². The Kier molecular flexibility index (Phi) is 4.96. The Labute approximate surface area is 143 Å². The molecule has 0 bridgehead atoms. The van der Waals surface area contributed by atoms with E-state index in [2.05, 4.69) is 4.98 Å². The molecular formula is C18H16FN2O2S+. The minimum atomic E-state index is -0.303. The van der Waals surface area contributed by atoms with E-state index < -0.39 is 0 Å². The quantitative estimate of drug-likeness (QED) is 0.527. The molecule has 0 unspecified atom stereocenters. The van der Waals surface area contributed by atoms with E-state index in [0.717, 1.165) is 21.1 Å². The van der Waals surface area contributed by atoms with Crippen LogP contribution in [-0.4, -0.2) is 11.0 Å². The van der Waals surface area contributed by atoms with Gasteiger partial charge >= 0.3 is 5.97 Å². The van der Waals surface area contributed by atoms with Gasteiger partial charge < -0.3 is 4.74 Å². The van der Waals surface area contributed by atoms with E-state index in [-0.39, 0.29) is 24.9 Å². The van der Waals surface area contributed by atoms with Gasteiger partial charge in [0, 0.05) is 17.7 Å². The molecule has 0 spiro atoms. The van der Waals surface area contributed by atoms with Crippen molar-refractivity contribution in [3.63, 3.8) is 0 Å². The third-order valence-electron chi connectivity index (χ3n) is 3.44. The Hall–Kier alpha value is -2.60. The summed E-state index contributed by atoms with van der Waals surface area (Å²) >= 11 is 1.45. The zero-order valence-corrected chi connectivity index (χ0v) is 13.9. The summed E-state index contributed by atoms with van der Waals surface area (Å²) < 4.78 is 20.1. The van der Waals surface area contributed by atoms with Crippen molar-refractivity contribution < 1.29 is 18.5 Å². The molecule has 0 atom stereocenters. The van der Waals surface area contributed by atoms with Gasteiger partial charge in [-0.2, -0.15) is 4.57 Å².